The van der Waals surface area contributed by atoms with Crippen LogP contribution >= 0.6 is 22.9 Å². The average molecular weight is 290 g/mol. The van der Waals surface area contributed by atoms with E-state index >= 15 is 0 Å². The number of esters is 1. The predicted octanol–water partition coefficient (Wildman–Crippen LogP) is 2.56. The summed E-state index contributed by atoms with van der Waals surface area (Å²) in [5.74, 6) is -0.870. The van der Waals surface area contributed by atoms with Gasteiger partial charge in [0.15, 0.2) is 0 Å². The van der Waals surface area contributed by atoms with Gasteiger partial charge in [-0.3, -0.25) is 9.59 Å². The Morgan fingerprint density at radius 1 is 1.50 bits per heavy atom. The first-order chi connectivity index (χ1) is 8.43. The average Bonchev–Trinajstić information content (AvgIpc) is 2.73. The topological polar surface area (TPSA) is 46.6 Å². The van der Waals surface area contributed by atoms with E-state index in [-0.39, 0.29) is 18.3 Å². The minimum atomic E-state index is -0.420. The van der Waals surface area contributed by atoms with Crippen LogP contribution in [0, 0.1) is 5.92 Å². The number of amides is 1. The summed E-state index contributed by atoms with van der Waals surface area (Å²) < 4.78 is 5.29. The van der Waals surface area contributed by atoms with E-state index in [0.29, 0.717) is 10.9 Å². The van der Waals surface area contributed by atoms with E-state index in [1.54, 1.807) is 24.9 Å². The van der Waals surface area contributed by atoms with Gasteiger partial charge in [0.1, 0.15) is 0 Å². The molecule has 100 valence electrons. The highest BCUT2D eigenvalue weighted by atomic mass is 35.5. The Morgan fingerprint density at radius 3 is 2.67 bits per heavy atom. The number of thiophene rings is 1. The molecule has 1 aromatic heterocycles. The SMILES string of the molecule is COC(=O)C(C)CC(=O)N(C)Cc1ccc(Cl)s1. The van der Waals surface area contributed by atoms with Crippen molar-refractivity contribution in [3.05, 3.63) is 21.3 Å². The molecule has 0 aliphatic rings. The largest absolute Gasteiger partial charge is 0.469 e. The molecule has 1 unspecified atom stereocenters. The zero-order valence-corrected chi connectivity index (χ0v) is 12.2. The Hall–Kier alpha value is -1.07. The molecule has 1 amide bonds. The fourth-order valence-electron chi connectivity index (χ4n) is 1.46. The normalized spacial score (nSPS) is 12.0. The molecular formula is C12H16ClNO3S. The third kappa shape index (κ3) is 4.31. The number of methoxy groups -OCH3 is 1. The molecule has 1 heterocycles. The molecule has 0 saturated heterocycles. The molecule has 4 nitrogen and oxygen atoms in total. The summed E-state index contributed by atoms with van der Waals surface area (Å²) in [4.78, 5) is 25.7. The number of carbonyl (C=O) groups is 2. The Bertz CT molecular complexity index is 433. The van der Waals surface area contributed by atoms with E-state index in [0.717, 1.165) is 4.88 Å². The quantitative estimate of drug-likeness (QED) is 0.783. The molecule has 1 atom stereocenters. The summed E-state index contributed by atoms with van der Waals surface area (Å²) in [6.45, 7) is 2.18. The number of nitrogens with zero attached hydrogens (tertiary/aromatic N) is 1. The Kier molecular flexibility index (Phi) is 5.62. The fourth-order valence-corrected chi connectivity index (χ4v) is 2.60. The summed E-state index contributed by atoms with van der Waals surface area (Å²) in [6, 6.07) is 3.69. The first-order valence-electron chi connectivity index (χ1n) is 5.50. The van der Waals surface area contributed by atoms with Gasteiger partial charge in [0.2, 0.25) is 5.91 Å². The minimum absolute atomic E-state index is 0.0857. The third-order valence-corrected chi connectivity index (χ3v) is 3.75. The molecule has 0 aliphatic heterocycles. The lowest BCUT2D eigenvalue weighted by molar-refractivity contribution is -0.148. The molecule has 0 saturated carbocycles. The summed E-state index contributed by atoms with van der Waals surface area (Å²) in [7, 11) is 3.03. The zero-order chi connectivity index (χ0) is 13.7. The van der Waals surface area contributed by atoms with E-state index in [9.17, 15) is 9.59 Å². The summed E-state index contributed by atoms with van der Waals surface area (Å²) in [5, 5.41) is 0. The molecular weight excluding hydrogens is 274 g/mol. The van der Waals surface area contributed by atoms with E-state index in [4.69, 9.17) is 11.6 Å². The van der Waals surface area contributed by atoms with Crippen LogP contribution in [0.5, 0.6) is 0 Å². The molecule has 18 heavy (non-hydrogen) atoms. The van der Waals surface area contributed by atoms with E-state index in [1.165, 1.54) is 18.4 Å². The molecule has 0 fully saturated rings. The molecule has 0 N–H and O–H groups in total. The second-order valence-corrected chi connectivity index (χ2v) is 5.88. The third-order valence-electron chi connectivity index (χ3n) is 2.53. The van der Waals surface area contributed by atoms with Gasteiger partial charge in [-0.2, -0.15) is 0 Å². The lowest BCUT2D eigenvalue weighted by Gasteiger charge is -2.18. The van der Waals surface area contributed by atoms with Gasteiger partial charge in [-0.15, -0.1) is 11.3 Å². The predicted molar refractivity (Wildman–Crippen MR) is 71.6 cm³/mol. The maximum absolute atomic E-state index is 11.9. The first-order valence-corrected chi connectivity index (χ1v) is 6.69. The van der Waals surface area contributed by atoms with Crippen LogP contribution in [0.3, 0.4) is 0 Å². The maximum Gasteiger partial charge on any atom is 0.308 e. The van der Waals surface area contributed by atoms with Crippen LogP contribution in [-0.2, 0) is 20.9 Å². The van der Waals surface area contributed by atoms with Crippen molar-refractivity contribution in [1.82, 2.24) is 4.90 Å². The zero-order valence-electron chi connectivity index (χ0n) is 10.6. The standard InChI is InChI=1S/C12H16ClNO3S/c1-8(12(16)17-3)6-11(15)14(2)7-9-4-5-10(13)18-9/h4-5,8H,6-7H2,1-3H3. The number of ether oxygens (including phenoxy) is 1. The monoisotopic (exact) mass is 289 g/mol. The Labute approximate surface area is 115 Å². The van der Waals surface area contributed by atoms with E-state index in [2.05, 4.69) is 4.74 Å². The van der Waals surface area contributed by atoms with Crippen LogP contribution in [-0.4, -0.2) is 30.9 Å². The van der Waals surface area contributed by atoms with E-state index in [1.807, 2.05) is 6.07 Å². The number of rotatable bonds is 5. The molecule has 0 radical (unpaired) electrons. The van der Waals surface area contributed by atoms with Crippen LogP contribution in [0.4, 0.5) is 0 Å². The van der Waals surface area contributed by atoms with Gasteiger partial charge in [-0.1, -0.05) is 18.5 Å². The van der Waals surface area contributed by atoms with Crippen molar-refractivity contribution < 1.29 is 14.3 Å². The van der Waals surface area contributed by atoms with Gasteiger partial charge in [0, 0.05) is 18.3 Å². The van der Waals surface area contributed by atoms with Gasteiger partial charge in [-0.25, -0.2) is 0 Å². The van der Waals surface area contributed by atoms with Gasteiger partial charge in [0.05, 0.1) is 23.9 Å². The van der Waals surface area contributed by atoms with Crippen molar-refractivity contribution >= 4 is 34.8 Å². The number of carbonyl (C=O) groups excluding carboxylic acids is 2. The summed E-state index contributed by atoms with van der Waals surface area (Å²) in [6.07, 6.45) is 0.155. The number of halogens is 1. The lowest BCUT2D eigenvalue weighted by Crippen LogP contribution is -2.29. The summed E-state index contributed by atoms with van der Waals surface area (Å²) in [5.41, 5.74) is 0. The van der Waals surface area contributed by atoms with Crippen LogP contribution in [0.15, 0.2) is 12.1 Å². The lowest BCUT2D eigenvalue weighted by atomic mass is 10.1. The highest BCUT2D eigenvalue weighted by Crippen LogP contribution is 2.22. The second kappa shape index (κ2) is 6.75. The molecule has 0 bridgehead atoms. The first kappa shape index (κ1) is 15.0. The van der Waals surface area contributed by atoms with Gasteiger partial charge in [-0.05, 0) is 12.1 Å². The molecule has 6 heteroatoms. The van der Waals surface area contributed by atoms with Crippen molar-refractivity contribution in [2.24, 2.45) is 5.92 Å². The molecule has 0 aliphatic carbocycles. The van der Waals surface area contributed by atoms with Crippen molar-refractivity contribution in [2.45, 2.75) is 19.9 Å². The maximum atomic E-state index is 11.9. The van der Waals surface area contributed by atoms with E-state index < -0.39 is 5.92 Å². The molecule has 1 aromatic rings. The van der Waals surface area contributed by atoms with Crippen LogP contribution in [0.2, 0.25) is 4.34 Å². The molecule has 0 spiro atoms. The smallest absolute Gasteiger partial charge is 0.308 e. The second-order valence-electron chi connectivity index (χ2n) is 4.08. The number of hydrogen-bond acceptors (Lipinski definition) is 4. The van der Waals surface area contributed by atoms with Crippen molar-refractivity contribution in [2.75, 3.05) is 14.2 Å². The Balaban J connectivity index is 2.49. The van der Waals surface area contributed by atoms with Crippen molar-refractivity contribution in [3.63, 3.8) is 0 Å². The van der Waals surface area contributed by atoms with Gasteiger partial charge >= 0.3 is 5.97 Å². The van der Waals surface area contributed by atoms with Gasteiger partial charge < -0.3 is 9.64 Å². The minimum Gasteiger partial charge on any atom is -0.469 e. The fraction of sp³-hybridized carbons (Fsp3) is 0.500. The molecule has 0 aromatic carbocycles. The van der Waals surface area contributed by atoms with Crippen LogP contribution < -0.4 is 0 Å². The highest BCUT2D eigenvalue weighted by Gasteiger charge is 2.20. The Morgan fingerprint density at radius 2 is 2.17 bits per heavy atom. The van der Waals surface area contributed by atoms with Crippen LogP contribution in [0.25, 0.3) is 0 Å². The van der Waals surface area contributed by atoms with Gasteiger partial charge in [0.25, 0.3) is 0 Å². The van der Waals surface area contributed by atoms with Crippen LogP contribution in [0.1, 0.15) is 18.2 Å². The summed E-state index contributed by atoms with van der Waals surface area (Å²) >= 11 is 7.27. The van der Waals surface area contributed by atoms with Crippen molar-refractivity contribution in [3.8, 4) is 0 Å². The number of hydrogen-bond donors (Lipinski definition) is 0. The highest BCUT2D eigenvalue weighted by molar-refractivity contribution is 7.16. The van der Waals surface area contributed by atoms with Crippen molar-refractivity contribution in [1.29, 1.82) is 0 Å². The molecule has 1 rings (SSSR count).